The number of hydrogen-bond acceptors (Lipinski definition) is 4. The lowest BCUT2D eigenvalue weighted by atomic mass is 10.2. The average Bonchev–Trinajstić information content (AvgIpc) is 2.44. The number of nitrogens with one attached hydrogen (secondary N) is 1. The molecule has 1 N–H and O–H groups in total. The summed E-state index contributed by atoms with van der Waals surface area (Å²) in [6.45, 7) is 6.44. The molecule has 0 amide bonds. The molecule has 112 valence electrons. The van der Waals surface area contributed by atoms with Crippen LogP contribution in [0.5, 0.6) is 0 Å². The second-order valence-electron chi connectivity index (χ2n) is 4.84. The lowest BCUT2D eigenvalue weighted by Crippen LogP contribution is -2.40. The molecule has 0 radical (unpaired) electrons. The summed E-state index contributed by atoms with van der Waals surface area (Å²) in [6, 6.07) is 0. The van der Waals surface area contributed by atoms with E-state index >= 15 is 0 Å². The van der Waals surface area contributed by atoms with Crippen molar-refractivity contribution in [3.05, 3.63) is 31.6 Å². The first-order valence-corrected chi connectivity index (χ1v) is 7.33. The van der Waals surface area contributed by atoms with Gasteiger partial charge in [-0.1, -0.05) is 18.5 Å². The van der Waals surface area contributed by atoms with Crippen LogP contribution < -0.4 is 11.2 Å². The molecule has 0 bridgehead atoms. The van der Waals surface area contributed by atoms with Crippen LogP contribution in [0.4, 0.5) is 0 Å². The molecule has 1 aromatic rings. The highest BCUT2D eigenvalue weighted by molar-refractivity contribution is 6.30. The second-order valence-corrected chi connectivity index (χ2v) is 5.22. The van der Waals surface area contributed by atoms with E-state index in [2.05, 4.69) is 9.88 Å². The molecule has 0 saturated carbocycles. The minimum Gasteiger partial charge on any atom is -0.379 e. The molecule has 1 aliphatic rings. The van der Waals surface area contributed by atoms with Crippen molar-refractivity contribution in [1.29, 1.82) is 0 Å². The van der Waals surface area contributed by atoms with Gasteiger partial charge in [0, 0.05) is 26.2 Å². The number of ether oxygens (including phenoxy) is 1. The number of morpholine rings is 1. The normalized spacial score (nSPS) is 16.5. The van der Waals surface area contributed by atoms with Crippen molar-refractivity contribution in [3.8, 4) is 0 Å². The Bertz CT molecular complexity index is 561. The van der Waals surface area contributed by atoms with Gasteiger partial charge >= 0.3 is 5.69 Å². The van der Waals surface area contributed by atoms with Gasteiger partial charge in [0.15, 0.2) is 0 Å². The Morgan fingerprint density at radius 1 is 1.25 bits per heavy atom. The molecule has 0 aliphatic carbocycles. The quantitative estimate of drug-likeness (QED) is 0.803. The van der Waals surface area contributed by atoms with Gasteiger partial charge in [0.1, 0.15) is 5.15 Å². The van der Waals surface area contributed by atoms with Crippen LogP contribution in [0.3, 0.4) is 0 Å². The van der Waals surface area contributed by atoms with E-state index in [1.165, 1.54) is 4.57 Å². The minimum absolute atomic E-state index is 0.159. The van der Waals surface area contributed by atoms with Crippen molar-refractivity contribution in [2.24, 2.45) is 0 Å². The van der Waals surface area contributed by atoms with E-state index in [1.54, 1.807) is 0 Å². The van der Waals surface area contributed by atoms with Crippen LogP contribution in [0.15, 0.2) is 9.59 Å². The van der Waals surface area contributed by atoms with E-state index < -0.39 is 5.69 Å². The second kappa shape index (κ2) is 7.06. The maximum absolute atomic E-state index is 12.1. The number of hydrogen-bond donors (Lipinski definition) is 1. The first-order valence-electron chi connectivity index (χ1n) is 6.95. The molecule has 1 fully saturated rings. The molecular formula is C13H20ClN3O3. The van der Waals surface area contributed by atoms with Crippen molar-refractivity contribution < 1.29 is 4.74 Å². The predicted octanol–water partition coefficient (Wildman–Crippen LogP) is 0.475. The zero-order valence-electron chi connectivity index (χ0n) is 11.7. The summed E-state index contributed by atoms with van der Waals surface area (Å²) >= 11 is 5.87. The van der Waals surface area contributed by atoms with Crippen molar-refractivity contribution in [2.45, 2.75) is 26.3 Å². The highest BCUT2D eigenvalue weighted by Crippen LogP contribution is 2.06. The molecule has 2 rings (SSSR count). The number of nitrogens with zero attached hydrogens (tertiary/aromatic N) is 2. The van der Waals surface area contributed by atoms with Gasteiger partial charge in [0.25, 0.3) is 5.56 Å². The van der Waals surface area contributed by atoms with Crippen LogP contribution in [0.2, 0.25) is 5.15 Å². The topological polar surface area (TPSA) is 67.3 Å². The molecule has 7 heteroatoms. The van der Waals surface area contributed by atoms with Crippen molar-refractivity contribution in [3.63, 3.8) is 0 Å². The van der Waals surface area contributed by atoms with Crippen LogP contribution in [0.25, 0.3) is 0 Å². The minimum atomic E-state index is -0.431. The van der Waals surface area contributed by atoms with Gasteiger partial charge in [-0.05, 0) is 12.8 Å². The van der Waals surface area contributed by atoms with Gasteiger partial charge in [-0.2, -0.15) is 0 Å². The van der Waals surface area contributed by atoms with Gasteiger partial charge in [0.05, 0.1) is 18.8 Å². The summed E-state index contributed by atoms with van der Waals surface area (Å²) in [5, 5.41) is 0.159. The summed E-state index contributed by atoms with van der Waals surface area (Å²) in [5.41, 5.74) is -0.236. The molecule has 1 aromatic heterocycles. The lowest BCUT2D eigenvalue weighted by Gasteiger charge is -2.26. The third kappa shape index (κ3) is 3.50. The zero-order valence-corrected chi connectivity index (χ0v) is 12.4. The Morgan fingerprint density at radius 3 is 2.60 bits per heavy atom. The number of H-pyrrole nitrogens is 1. The average molecular weight is 302 g/mol. The van der Waals surface area contributed by atoms with Gasteiger partial charge in [-0.15, -0.1) is 0 Å². The zero-order chi connectivity index (χ0) is 14.5. The Balaban J connectivity index is 2.02. The van der Waals surface area contributed by atoms with Gasteiger partial charge in [-0.3, -0.25) is 19.2 Å². The summed E-state index contributed by atoms with van der Waals surface area (Å²) in [7, 11) is 0. The number of aromatic amines is 1. The van der Waals surface area contributed by atoms with Crippen molar-refractivity contribution in [2.75, 3.05) is 32.8 Å². The fourth-order valence-electron chi connectivity index (χ4n) is 2.37. The van der Waals surface area contributed by atoms with Crippen LogP contribution in [-0.2, 0) is 17.7 Å². The first-order chi connectivity index (χ1) is 9.63. The molecule has 0 spiro atoms. The van der Waals surface area contributed by atoms with E-state index in [1.807, 2.05) is 6.92 Å². The number of aromatic nitrogens is 2. The summed E-state index contributed by atoms with van der Waals surface area (Å²) in [5.74, 6) is 0. The van der Waals surface area contributed by atoms with Crippen molar-refractivity contribution >= 4 is 11.6 Å². The number of rotatable bonds is 5. The van der Waals surface area contributed by atoms with Crippen LogP contribution >= 0.6 is 11.6 Å². The maximum Gasteiger partial charge on any atom is 0.329 e. The Hall–Kier alpha value is -1.11. The van der Waals surface area contributed by atoms with Crippen LogP contribution in [0, 0.1) is 0 Å². The molecule has 6 nitrogen and oxygen atoms in total. The fraction of sp³-hybridized carbons (Fsp3) is 0.692. The van der Waals surface area contributed by atoms with Gasteiger partial charge in [0.2, 0.25) is 0 Å². The van der Waals surface area contributed by atoms with E-state index in [-0.39, 0.29) is 10.7 Å². The standard InChI is InChI=1S/C13H20ClN3O3/c1-2-10-11(14)15-13(19)17(12(10)18)5-3-4-16-6-8-20-9-7-16/h2-9H2,1H3,(H,15,19). The molecule has 2 heterocycles. The van der Waals surface area contributed by atoms with Crippen molar-refractivity contribution in [1.82, 2.24) is 14.5 Å². The number of halogens is 1. The van der Waals surface area contributed by atoms with Crippen LogP contribution in [0.1, 0.15) is 18.9 Å². The third-order valence-corrected chi connectivity index (χ3v) is 3.87. The molecular weight excluding hydrogens is 282 g/mol. The van der Waals surface area contributed by atoms with Crippen LogP contribution in [-0.4, -0.2) is 47.3 Å². The SMILES string of the molecule is CCc1c(Cl)[nH]c(=O)n(CCCN2CCOCC2)c1=O. The Kier molecular flexibility index (Phi) is 5.39. The first kappa shape index (κ1) is 15.3. The van der Waals surface area contributed by atoms with E-state index in [0.717, 1.165) is 39.3 Å². The van der Waals surface area contributed by atoms with Gasteiger partial charge in [-0.25, -0.2) is 4.79 Å². The summed E-state index contributed by atoms with van der Waals surface area (Å²) in [4.78, 5) is 28.8. The molecule has 0 atom stereocenters. The maximum atomic E-state index is 12.1. The third-order valence-electron chi connectivity index (χ3n) is 3.54. The smallest absolute Gasteiger partial charge is 0.329 e. The summed E-state index contributed by atoms with van der Waals surface area (Å²) < 4.78 is 6.52. The Morgan fingerprint density at radius 2 is 1.95 bits per heavy atom. The molecule has 1 saturated heterocycles. The predicted molar refractivity (Wildman–Crippen MR) is 77.6 cm³/mol. The van der Waals surface area contributed by atoms with E-state index in [9.17, 15) is 9.59 Å². The molecule has 0 aromatic carbocycles. The largest absolute Gasteiger partial charge is 0.379 e. The van der Waals surface area contributed by atoms with Gasteiger partial charge < -0.3 is 4.74 Å². The highest BCUT2D eigenvalue weighted by Gasteiger charge is 2.13. The molecule has 1 aliphatic heterocycles. The highest BCUT2D eigenvalue weighted by atomic mass is 35.5. The lowest BCUT2D eigenvalue weighted by molar-refractivity contribution is 0.0368. The van der Waals surface area contributed by atoms with E-state index in [0.29, 0.717) is 18.5 Å². The molecule has 20 heavy (non-hydrogen) atoms. The molecule has 0 unspecified atom stereocenters. The monoisotopic (exact) mass is 301 g/mol. The van der Waals surface area contributed by atoms with E-state index in [4.69, 9.17) is 16.3 Å². The Labute approximate surface area is 122 Å². The fourth-order valence-corrected chi connectivity index (χ4v) is 2.67. The summed E-state index contributed by atoms with van der Waals surface area (Å²) in [6.07, 6.45) is 1.27.